The predicted octanol–water partition coefficient (Wildman–Crippen LogP) is 4.89. The summed E-state index contributed by atoms with van der Waals surface area (Å²) >= 11 is 12.0. The third-order valence-corrected chi connectivity index (χ3v) is 5.97. The van der Waals surface area contributed by atoms with Gasteiger partial charge in [0.2, 0.25) is 0 Å². The van der Waals surface area contributed by atoms with Gasteiger partial charge in [-0.05, 0) is 49.2 Å². The molecule has 5 nitrogen and oxygen atoms in total. The Morgan fingerprint density at radius 3 is 2.53 bits per heavy atom. The molecule has 7 heteroatoms. The van der Waals surface area contributed by atoms with Gasteiger partial charge >= 0.3 is 0 Å². The van der Waals surface area contributed by atoms with Crippen molar-refractivity contribution in [3.8, 4) is 5.75 Å². The van der Waals surface area contributed by atoms with Gasteiger partial charge in [0.1, 0.15) is 11.6 Å². The highest BCUT2D eigenvalue weighted by Gasteiger charge is 2.23. The summed E-state index contributed by atoms with van der Waals surface area (Å²) in [7, 11) is 0. The van der Waals surface area contributed by atoms with Gasteiger partial charge < -0.3 is 14.5 Å². The van der Waals surface area contributed by atoms with E-state index in [2.05, 4.69) is 43.0 Å². The largest absolute Gasteiger partial charge is 0.482 e. The molecule has 2 aromatic carbocycles. The molecule has 1 aliphatic rings. The van der Waals surface area contributed by atoms with E-state index in [0.29, 0.717) is 28.9 Å². The van der Waals surface area contributed by atoms with E-state index in [9.17, 15) is 4.79 Å². The van der Waals surface area contributed by atoms with Gasteiger partial charge in [-0.1, -0.05) is 41.4 Å². The highest BCUT2D eigenvalue weighted by Crippen LogP contribution is 2.28. The molecule has 3 aromatic rings. The molecule has 2 heterocycles. The fourth-order valence-corrected chi connectivity index (χ4v) is 4.18. The number of hydrogen-bond acceptors (Lipinski definition) is 4. The molecule has 0 aliphatic carbocycles. The molecule has 1 amide bonds. The molecule has 30 heavy (non-hydrogen) atoms. The third-order valence-electron chi connectivity index (χ3n) is 5.44. The van der Waals surface area contributed by atoms with E-state index in [1.807, 2.05) is 4.90 Å². The molecule has 0 spiro atoms. The minimum Gasteiger partial charge on any atom is -0.482 e. The number of aromatic nitrogens is 1. The lowest BCUT2D eigenvalue weighted by atomic mass is 10.1. The first-order valence-corrected chi connectivity index (χ1v) is 10.7. The number of amides is 1. The van der Waals surface area contributed by atoms with Gasteiger partial charge in [-0.2, -0.15) is 0 Å². The molecule has 156 valence electrons. The summed E-state index contributed by atoms with van der Waals surface area (Å²) in [5, 5.41) is 2.11. The van der Waals surface area contributed by atoms with Crippen LogP contribution in [0.2, 0.25) is 10.0 Å². The van der Waals surface area contributed by atoms with Gasteiger partial charge in [0.05, 0.1) is 10.5 Å². The van der Waals surface area contributed by atoms with Gasteiger partial charge in [0.25, 0.3) is 5.91 Å². The summed E-state index contributed by atoms with van der Waals surface area (Å²) in [5.41, 5.74) is 3.42. The molecule has 0 atom stereocenters. The van der Waals surface area contributed by atoms with Crippen molar-refractivity contribution < 1.29 is 9.53 Å². The van der Waals surface area contributed by atoms with Crippen LogP contribution in [0.3, 0.4) is 0 Å². The lowest BCUT2D eigenvalue weighted by molar-refractivity contribution is -0.133. The Hall–Kier alpha value is -2.50. The van der Waals surface area contributed by atoms with E-state index in [1.54, 1.807) is 18.2 Å². The smallest absolute Gasteiger partial charge is 0.260 e. The number of anilines is 1. The maximum absolute atomic E-state index is 12.6. The van der Waals surface area contributed by atoms with Crippen LogP contribution in [0.25, 0.3) is 10.9 Å². The minimum absolute atomic E-state index is 0.0477. The van der Waals surface area contributed by atoms with Crippen LogP contribution in [-0.4, -0.2) is 48.6 Å². The van der Waals surface area contributed by atoms with Crippen molar-refractivity contribution in [1.29, 1.82) is 0 Å². The van der Waals surface area contributed by atoms with Crippen LogP contribution < -0.4 is 9.64 Å². The second-order valence-corrected chi connectivity index (χ2v) is 8.34. The molecule has 4 rings (SSSR count). The van der Waals surface area contributed by atoms with Crippen molar-refractivity contribution in [2.75, 3.05) is 37.7 Å². The topological polar surface area (TPSA) is 45.7 Å². The van der Waals surface area contributed by atoms with E-state index in [4.69, 9.17) is 32.9 Å². The van der Waals surface area contributed by atoms with Crippen molar-refractivity contribution in [3.05, 3.63) is 63.6 Å². The number of nitrogens with zero attached hydrogens (tertiary/aromatic N) is 3. The normalized spacial score (nSPS) is 14.3. The van der Waals surface area contributed by atoms with Gasteiger partial charge in [-0.25, -0.2) is 4.98 Å². The number of carbonyl (C=O) groups excluding carboxylic acids is 1. The van der Waals surface area contributed by atoms with Gasteiger partial charge in [-0.15, -0.1) is 0 Å². The predicted molar refractivity (Wildman–Crippen MR) is 122 cm³/mol. The zero-order valence-electron chi connectivity index (χ0n) is 17.0. The Bertz CT molecular complexity index is 1100. The monoisotopic (exact) mass is 443 g/mol. The van der Waals surface area contributed by atoms with Crippen LogP contribution in [0.15, 0.2) is 42.5 Å². The molecule has 0 bridgehead atoms. The molecular weight excluding hydrogens is 421 g/mol. The van der Waals surface area contributed by atoms with Crippen molar-refractivity contribution in [2.24, 2.45) is 0 Å². The number of para-hydroxylation sites is 1. The lowest BCUT2D eigenvalue weighted by Crippen LogP contribution is -2.50. The van der Waals surface area contributed by atoms with Crippen molar-refractivity contribution in [2.45, 2.75) is 13.8 Å². The molecule has 0 radical (unpaired) electrons. The summed E-state index contributed by atoms with van der Waals surface area (Å²) in [6.07, 6.45) is 0. The van der Waals surface area contributed by atoms with E-state index < -0.39 is 0 Å². The van der Waals surface area contributed by atoms with Gasteiger partial charge in [-0.3, -0.25) is 4.79 Å². The van der Waals surface area contributed by atoms with Gasteiger partial charge in [0, 0.05) is 36.6 Å². The van der Waals surface area contributed by atoms with Crippen LogP contribution in [0, 0.1) is 13.8 Å². The number of piperazine rings is 1. The van der Waals surface area contributed by atoms with Crippen molar-refractivity contribution >= 4 is 45.8 Å². The summed E-state index contributed by atoms with van der Waals surface area (Å²) in [5.74, 6) is 1.36. The molecule has 1 saturated heterocycles. The van der Waals surface area contributed by atoms with Crippen LogP contribution in [-0.2, 0) is 4.79 Å². The first-order chi connectivity index (χ1) is 14.4. The van der Waals surface area contributed by atoms with Crippen molar-refractivity contribution in [1.82, 2.24) is 9.88 Å². The average Bonchev–Trinajstić information content (AvgIpc) is 2.74. The summed E-state index contributed by atoms with van der Waals surface area (Å²) in [4.78, 5) is 21.5. The summed E-state index contributed by atoms with van der Waals surface area (Å²) < 4.78 is 5.59. The first kappa shape index (κ1) is 20.8. The molecule has 0 unspecified atom stereocenters. The van der Waals surface area contributed by atoms with E-state index in [0.717, 1.165) is 24.4 Å². The molecule has 1 aliphatic heterocycles. The quantitative estimate of drug-likeness (QED) is 0.575. The number of benzene rings is 2. The number of halogens is 2. The summed E-state index contributed by atoms with van der Waals surface area (Å²) in [6, 6.07) is 13.3. The molecule has 1 aromatic heterocycles. The van der Waals surface area contributed by atoms with E-state index in [-0.39, 0.29) is 12.5 Å². The molecule has 0 N–H and O–H groups in total. The average molecular weight is 444 g/mol. The Kier molecular flexibility index (Phi) is 6.02. The number of pyridine rings is 1. The highest BCUT2D eigenvalue weighted by atomic mass is 35.5. The SMILES string of the molecule is Cc1cc(N2CCN(C(=O)COc3ccc(Cl)cc3Cl)CC2)nc2c(C)cccc12. The minimum atomic E-state index is -0.0563. The fraction of sp³-hybridized carbons (Fsp3) is 0.304. The van der Waals surface area contributed by atoms with Crippen LogP contribution in [0.5, 0.6) is 5.75 Å². The zero-order chi connectivity index (χ0) is 21.3. The Balaban J connectivity index is 1.38. The Morgan fingerprint density at radius 1 is 1.03 bits per heavy atom. The molecule has 0 saturated carbocycles. The van der Waals surface area contributed by atoms with Crippen LogP contribution in [0.4, 0.5) is 5.82 Å². The maximum Gasteiger partial charge on any atom is 0.260 e. The number of fused-ring (bicyclic) bond motifs is 1. The molecular formula is C23H23Cl2N3O2. The second-order valence-electron chi connectivity index (χ2n) is 7.50. The van der Waals surface area contributed by atoms with Crippen LogP contribution in [0.1, 0.15) is 11.1 Å². The number of rotatable bonds is 4. The Morgan fingerprint density at radius 2 is 1.80 bits per heavy atom. The van der Waals surface area contributed by atoms with Crippen LogP contribution >= 0.6 is 23.2 Å². The maximum atomic E-state index is 12.6. The van der Waals surface area contributed by atoms with Gasteiger partial charge in [0.15, 0.2) is 6.61 Å². The van der Waals surface area contributed by atoms with E-state index in [1.165, 1.54) is 16.5 Å². The zero-order valence-corrected chi connectivity index (χ0v) is 18.5. The number of ether oxygens (including phenoxy) is 1. The summed E-state index contributed by atoms with van der Waals surface area (Å²) in [6.45, 7) is 6.88. The standard InChI is InChI=1S/C23H23Cl2N3O2/c1-15-4-3-5-18-16(2)12-21(26-23(15)18)27-8-10-28(11-9-27)22(29)14-30-20-7-6-17(24)13-19(20)25/h3-7,12-13H,8-11,14H2,1-2H3. The number of aryl methyl sites for hydroxylation is 2. The Labute approximate surface area is 186 Å². The number of hydrogen-bond donors (Lipinski definition) is 0. The third kappa shape index (κ3) is 4.32. The first-order valence-electron chi connectivity index (χ1n) is 9.90. The fourth-order valence-electron chi connectivity index (χ4n) is 3.71. The lowest BCUT2D eigenvalue weighted by Gasteiger charge is -2.35. The molecule has 1 fully saturated rings. The second kappa shape index (κ2) is 8.70. The van der Waals surface area contributed by atoms with E-state index >= 15 is 0 Å². The highest BCUT2D eigenvalue weighted by molar-refractivity contribution is 6.35. The number of carbonyl (C=O) groups is 1. The van der Waals surface area contributed by atoms with Crippen molar-refractivity contribution in [3.63, 3.8) is 0 Å².